The molecular weight excluding hydrogens is 254 g/mol. The van der Waals surface area contributed by atoms with Crippen LogP contribution in [-0.4, -0.2) is 27.1 Å². The van der Waals surface area contributed by atoms with Crippen LogP contribution in [0.4, 0.5) is 17.1 Å². The van der Waals surface area contributed by atoms with E-state index in [1.54, 1.807) is 13.8 Å². The summed E-state index contributed by atoms with van der Waals surface area (Å²) in [4.78, 5) is 20.1. The molecule has 0 heterocycles. The van der Waals surface area contributed by atoms with Gasteiger partial charge in [0.05, 0.1) is 21.5 Å². The van der Waals surface area contributed by atoms with Crippen LogP contribution in [0.2, 0.25) is 0 Å². The maximum atomic E-state index is 10.9. The van der Waals surface area contributed by atoms with E-state index in [1.807, 2.05) is 0 Å². The number of non-ortho nitro benzene ring substituents is 1. The Morgan fingerprint density at radius 2 is 1.95 bits per heavy atom. The van der Waals surface area contributed by atoms with Gasteiger partial charge >= 0.3 is 0 Å². The maximum Gasteiger partial charge on any atom is 0.299 e. The molecule has 8 nitrogen and oxygen atoms in total. The van der Waals surface area contributed by atoms with Crippen molar-refractivity contribution in [3.8, 4) is 0 Å². The van der Waals surface area contributed by atoms with Gasteiger partial charge in [-0.25, -0.2) is 0 Å². The molecule has 0 aliphatic carbocycles. The quantitative estimate of drug-likeness (QED) is 0.602. The van der Waals surface area contributed by atoms with Gasteiger partial charge in [0.25, 0.3) is 11.4 Å². The summed E-state index contributed by atoms with van der Waals surface area (Å²) in [6.07, 6.45) is 0.473. The van der Waals surface area contributed by atoms with Crippen molar-refractivity contribution in [2.24, 2.45) is 0 Å². The smallest absolute Gasteiger partial charge is 0.299 e. The molecule has 0 saturated carbocycles. The number of hydrogen-bond acceptors (Lipinski definition) is 6. The molecule has 8 heteroatoms. The molecule has 0 aromatic heterocycles. The molecule has 0 radical (unpaired) electrons. The molecule has 0 spiro atoms. The van der Waals surface area contributed by atoms with E-state index in [-0.39, 0.29) is 23.6 Å². The molecule has 1 rings (SSSR count). The molecule has 0 amide bonds. The van der Waals surface area contributed by atoms with Crippen molar-refractivity contribution in [3.05, 3.63) is 38.4 Å². The van der Waals surface area contributed by atoms with E-state index in [2.05, 4.69) is 5.32 Å². The van der Waals surface area contributed by atoms with Crippen molar-refractivity contribution < 1.29 is 15.0 Å². The minimum atomic E-state index is -1.00. The lowest BCUT2D eigenvalue weighted by Gasteiger charge is -2.22. The van der Waals surface area contributed by atoms with E-state index >= 15 is 0 Å². The van der Waals surface area contributed by atoms with Crippen LogP contribution < -0.4 is 5.32 Å². The van der Waals surface area contributed by atoms with E-state index in [1.165, 1.54) is 12.1 Å². The fraction of sp³-hybridized carbons (Fsp3) is 0.455. The number of aliphatic hydroxyl groups is 1. The van der Waals surface area contributed by atoms with Gasteiger partial charge in [-0.05, 0) is 19.4 Å². The summed E-state index contributed by atoms with van der Waals surface area (Å²) in [5.74, 6) is 0. The van der Waals surface area contributed by atoms with Crippen LogP contribution in [0.15, 0.2) is 18.2 Å². The largest absolute Gasteiger partial charge is 0.388 e. The van der Waals surface area contributed by atoms with Crippen LogP contribution in [0.3, 0.4) is 0 Å². The topological polar surface area (TPSA) is 119 Å². The molecule has 0 aliphatic heterocycles. The fourth-order valence-electron chi connectivity index (χ4n) is 1.34. The van der Waals surface area contributed by atoms with Crippen LogP contribution in [0.5, 0.6) is 0 Å². The molecule has 0 bridgehead atoms. The summed E-state index contributed by atoms with van der Waals surface area (Å²) in [5.41, 5.74) is -1.60. The number of benzene rings is 1. The third-order valence-corrected chi connectivity index (χ3v) is 2.81. The molecular formula is C11H15N3O5. The van der Waals surface area contributed by atoms with E-state index < -0.39 is 15.4 Å². The number of rotatable bonds is 6. The van der Waals surface area contributed by atoms with Crippen LogP contribution >= 0.6 is 0 Å². The second-order valence-electron chi connectivity index (χ2n) is 4.42. The van der Waals surface area contributed by atoms with Gasteiger partial charge in [0, 0.05) is 12.6 Å². The molecule has 0 fully saturated rings. The summed E-state index contributed by atoms with van der Waals surface area (Å²) >= 11 is 0. The molecule has 104 valence electrons. The second kappa shape index (κ2) is 5.61. The second-order valence-corrected chi connectivity index (χ2v) is 4.42. The molecule has 1 aromatic carbocycles. The van der Waals surface area contributed by atoms with Gasteiger partial charge in [-0.1, -0.05) is 6.92 Å². The number of nitrogens with one attached hydrogen (secondary N) is 1. The Morgan fingerprint density at radius 1 is 1.32 bits per heavy atom. The normalized spacial score (nSPS) is 13.6. The Labute approximate surface area is 109 Å². The highest BCUT2D eigenvalue weighted by Gasteiger charge is 2.22. The van der Waals surface area contributed by atoms with Crippen molar-refractivity contribution >= 4 is 17.1 Å². The maximum absolute atomic E-state index is 10.9. The van der Waals surface area contributed by atoms with Gasteiger partial charge in [0.15, 0.2) is 0 Å². The number of nitro benzene ring substituents is 2. The van der Waals surface area contributed by atoms with Gasteiger partial charge in [-0.3, -0.25) is 20.2 Å². The van der Waals surface area contributed by atoms with Crippen molar-refractivity contribution in [2.45, 2.75) is 25.9 Å². The van der Waals surface area contributed by atoms with Gasteiger partial charge in [-0.2, -0.15) is 0 Å². The summed E-state index contributed by atoms with van der Waals surface area (Å²) in [7, 11) is 0. The number of hydrogen-bond donors (Lipinski definition) is 2. The highest BCUT2D eigenvalue weighted by Crippen LogP contribution is 2.29. The van der Waals surface area contributed by atoms with E-state index in [0.717, 1.165) is 6.07 Å². The van der Waals surface area contributed by atoms with Gasteiger partial charge in [0.1, 0.15) is 5.69 Å². The molecule has 2 N–H and O–H groups in total. The first-order valence-electron chi connectivity index (χ1n) is 5.66. The fourth-order valence-corrected chi connectivity index (χ4v) is 1.34. The van der Waals surface area contributed by atoms with E-state index in [9.17, 15) is 25.3 Å². The lowest BCUT2D eigenvalue weighted by Crippen LogP contribution is -2.32. The van der Waals surface area contributed by atoms with E-state index in [0.29, 0.717) is 6.42 Å². The van der Waals surface area contributed by atoms with Gasteiger partial charge in [0.2, 0.25) is 0 Å². The zero-order valence-electron chi connectivity index (χ0n) is 10.6. The first-order valence-corrected chi connectivity index (χ1v) is 5.66. The predicted octanol–water partition coefficient (Wildman–Crippen LogP) is 2.08. The van der Waals surface area contributed by atoms with Gasteiger partial charge < -0.3 is 10.4 Å². The highest BCUT2D eigenvalue weighted by atomic mass is 16.6. The number of anilines is 1. The summed E-state index contributed by atoms with van der Waals surface area (Å²) in [5, 5.41) is 34.0. The lowest BCUT2D eigenvalue weighted by atomic mass is 10.0. The first-order chi connectivity index (χ1) is 8.76. The van der Waals surface area contributed by atoms with Crippen molar-refractivity contribution in [1.29, 1.82) is 0 Å². The monoisotopic (exact) mass is 269 g/mol. The Hall–Kier alpha value is -2.22. The molecule has 0 saturated heterocycles. The minimum Gasteiger partial charge on any atom is -0.388 e. The number of nitro groups is 2. The zero-order chi connectivity index (χ0) is 14.6. The van der Waals surface area contributed by atoms with Crippen LogP contribution in [0.1, 0.15) is 20.3 Å². The van der Waals surface area contributed by atoms with Crippen molar-refractivity contribution in [1.82, 2.24) is 0 Å². The van der Waals surface area contributed by atoms with Crippen LogP contribution in [0, 0.1) is 20.2 Å². The molecule has 1 atom stereocenters. The minimum absolute atomic E-state index is 0.113. The summed E-state index contributed by atoms with van der Waals surface area (Å²) in [6.45, 7) is 3.49. The van der Waals surface area contributed by atoms with Crippen LogP contribution in [0.25, 0.3) is 0 Å². The average molecular weight is 269 g/mol. The third-order valence-electron chi connectivity index (χ3n) is 2.81. The molecule has 1 aromatic rings. The Morgan fingerprint density at radius 3 is 2.42 bits per heavy atom. The Kier molecular flexibility index (Phi) is 4.38. The summed E-state index contributed by atoms with van der Waals surface area (Å²) in [6, 6.07) is 3.33. The SMILES string of the molecule is CCC(C)(O)CNc1ccc([N+](=O)[O-])cc1[N+](=O)[O-]. The Balaban J connectivity index is 3.01. The highest BCUT2D eigenvalue weighted by molar-refractivity contribution is 5.65. The lowest BCUT2D eigenvalue weighted by molar-refractivity contribution is -0.393. The first kappa shape index (κ1) is 14.8. The molecule has 19 heavy (non-hydrogen) atoms. The number of nitrogens with zero attached hydrogens (tertiary/aromatic N) is 2. The van der Waals surface area contributed by atoms with E-state index in [4.69, 9.17) is 0 Å². The standard InChI is InChI=1S/C11H15N3O5/c1-3-11(2,15)7-12-9-5-4-8(13(16)17)6-10(9)14(18)19/h4-6,12,15H,3,7H2,1-2H3. The van der Waals surface area contributed by atoms with Crippen LogP contribution in [-0.2, 0) is 0 Å². The average Bonchev–Trinajstić information content (AvgIpc) is 2.36. The van der Waals surface area contributed by atoms with Gasteiger partial charge in [-0.15, -0.1) is 0 Å². The summed E-state index contributed by atoms with van der Waals surface area (Å²) < 4.78 is 0. The molecule has 1 unspecified atom stereocenters. The van der Waals surface area contributed by atoms with Crippen molar-refractivity contribution in [3.63, 3.8) is 0 Å². The third kappa shape index (κ3) is 3.88. The zero-order valence-corrected chi connectivity index (χ0v) is 10.6. The molecule has 0 aliphatic rings. The van der Waals surface area contributed by atoms with Crippen molar-refractivity contribution in [2.75, 3.05) is 11.9 Å². The Bertz CT molecular complexity index is 501. The predicted molar refractivity (Wildman–Crippen MR) is 69.2 cm³/mol.